The van der Waals surface area contributed by atoms with Gasteiger partial charge in [0, 0.05) is 25.0 Å². The molecule has 0 bridgehead atoms. The van der Waals surface area contributed by atoms with Gasteiger partial charge in [-0.1, -0.05) is 6.07 Å². The number of carbonyl (C=O) groups is 1. The third-order valence-electron chi connectivity index (χ3n) is 2.88. The summed E-state index contributed by atoms with van der Waals surface area (Å²) in [5, 5.41) is 0. The van der Waals surface area contributed by atoms with Crippen molar-refractivity contribution < 1.29 is 19.0 Å². The SMILES string of the molecule is COc1cccc(OC)c1OCC(=O)c1ccn(C)c1. The molecule has 106 valence electrons. The second-order valence-electron chi connectivity index (χ2n) is 4.27. The highest BCUT2D eigenvalue weighted by atomic mass is 16.5. The van der Waals surface area contributed by atoms with E-state index in [1.54, 1.807) is 44.7 Å². The van der Waals surface area contributed by atoms with Crippen molar-refractivity contribution in [2.24, 2.45) is 7.05 Å². The summed E-state index contributed by atoms with van der Waals surface area (Å²) < 4.78 is 17.8. The zero-order chi connectivity index (χ0) is 14.5. The minimum atomic E-state index is -0.0986. The van der Waals surface area contributed by atoms with Crippen molar-refractivity contribution in [1.82, 2.24) is 4.57 Å². The van der Waals surface area contributed by atoms with Crippen molar-refractivity contribution in [1.29, 1.82) is 0 Å². The lowest BCUT2D eigenvalue weighted by Gasteiger charge is -2.13. The highest BCUT2D eigenvalue weighted by Crippen LogP contribution is 2.36. The fourth-order valence-corrected chi connectivity index (χ4v) is 1.85. The molecule has 0 aliphatic rings. The van der Waals surface area contributed by atoms with Gasteiger partial charge in [-0.3, -0.25) is 4.79 Å². The van der Waals surface area contributed by atoms with E-state index in [2.05, 4.69) is 0 Å². The van der Waals surface area contributed by atoms with Crippen LogP contribution in [0.3, 0.4) is 0 Å². The van der Waals surface area contributed by atoms with E-state index in [0.29, 0.717) is 22.8 Å². The average Bonchev–Trinajstić information content (AvgIpc) is 2.90. The Morgan fingerprint density at radius 3 is 2.30 bits per heavy atom. The van der Waals surface area contributed by atoms with Gasteiger partial charge < -0.3 is 18.8 Å². The molecule has 5 nitrogen and oxygen atoms in total. The maximum absolute atomic E-state index is 12.0. The van der Waals surface area contributed by atoms with Crippen LogP contribution in [0.2, 0.25) is 0 Å². The Labute approximate surface area is 117 Å². The van der Waals surface area contributed by atoms with Crippen LogP contribution in [0.25, 0.3) is 0 Å². The summed E-state index contributed by atoms with van der Waals surface area (Å²) in [5.41, 5.74) is 0.612. The van der Waals surface area contributed by atoms with Gasteiger partial charge in [0.1, 0.15) is 0 Å². The maximum Gasteiger partial charge on any atom is 0.203 e. The fraction of sp³-hybridized carbons (Fsp3) is 0.267. The fourth-order valence-electron chi connectivity index (χ4n) is 1.85. The molecular formula is C15H17NO4. The predicted molar refractivity (Wildman–Crippen MR) is 74.8 cm³/mol. The number of ether oxygens (including phenoxy) is 3. The smallest absolute Gasteiger partial charge is 0.203 e. The van der Waals surface area contributed by atoms with Gasteiger partial charge in [-0.15, -0.1) is 0 Å². The first kappa shape index (κ1) is 14.0. The lowest BCUT2D eigenvalue weighted by Crippen LogP contribution is -2.12. The molecule has 0 N–H and O–H groups in total. The van der Waals surface area contributed by atoms with E-state index in [-0.39, 0.29) is 12.4 Å². The Morgan fingerprint density at radius 2 is 1.80 bits per heavy atom. The van der Waals surface area contributed by atoms with Gasteiger partial charge in [0.15, 0.2) is 18.1 Å². The Balaban J connectivity index is 2.12. The van der Waals surface area contributed by atoms with Crippen LogP contribution in [0.4, 0.5) is 0 Å². The van der Waals surface area contributed by atoms with Crippen LogP contribution in [0, 0.1) is 0 Å². The van der Waals surface area contributed by atoms with E-state index < -0.39 is 0 Å². The van der Waals surface area contributed by atoms with E-state index in [9.17, 15) is 4.79 Å². The molecule has 0 saturated carbocycles. The number of aryl methyl sites for hydroxylation is 1. The van der Waals surface area contributed by atoms with Crippen LogP contribution in [0.5, 0.6) is 17.2 Å². The summed E-state index contributed by atoms with van der Waals surface area (Å²) in [7, 11) is 4.95. The third kappa shape index (κ3) is 2.93. The molecule has 0 saturated heterocycles. The number of hydrogen-bond donors (Lipinski definition) is 0. The summed E-state index contributed by atoms with van der Waals surface area (Å²) in [6, 6.07) is 7.06. The number of rotatable bonds is 6. The second kappa shape index (κ2) is 6.14. The quantitative estimate of drug-likeness (QED) is 0.759. The van der Waals surface area contributed by atoms with Crippen LogP contribution < -0.4 is 14.2 Å². The van der Waals surface area contributed by atoms with Gasteiger partial charge in [-0.25, -0.2) is 0 Å². The summed E-state index contributed by atoms with van der Waals surface area (Å²) in [4.78, 5) is 12.0. The highest BCUT2D eigenvalue weighted by Gasteiger charge is 2.14. The van der Waals surface area contributed by atoms with Gasteiger partial charge in [0.2, 0.25) is 11.5 Å². The number of methoxy groups -OCH3 is 2. The number of para-hydroxylation sites is 1. The van der Waals surface area contributed by atoms with Crippen LogP contribution in [0.15, 0.2) is 36.7 Å². The van der Waals surface area contributed by atoms with Gasteiger partial charge >= 0.3 is 0 Å². The molecule has 5 heteroatoms. The molecule has 0 aliphatic heterocycles. The van der Waals surface area contributed by atoms with Crippen LogP contribution in [-0.2, 0) is 7.05 Å². The predicted octanol–water partition coefficient (Wildman–Crippen LogP) is 2.30. The van der Waals surface area contributed by atoms with Gasteiger partial charge in [-0.05, 0) is 18.2 Å². The second-order valence-corrected chi connectivity index (χ2v) is 4.27. The molecule has 1 heterocycles. The van der Waals surface area contributed by atoms with Crippen molar-refractivity contribution in [3.05, 3.63) is 42.2 Å². The number of aromatic nitrogens is 1. The first-order valence-corrected chi connectivity index (χ1v) is 6.14. The lowest BCUT2D eigenvalue weighted by molar-refractivity contribution is 0.0917. The van der Waals surface area contributed by atoms with Crippen molar-refractivity contribution in [3.63, 3.8) is 0 Å². The van der Waals surface area contributed by atoms with Crippen molar-refractivity contribution in [2.75, 3.05) is 20.8 Å². The molecule has 0 aliphatic carbocycles. The van der Waals surface area contributed by atoms with Crippen LogP contribution in [0.1, 0.15) is 10.4 Å². The summed E-state index contributed by atoms with van der Waals surface area (Å²) in [5.74, 6) is 1.40. The van der Waals surface area contributed by atoms with E-state index in [1.807, 2.05) is 17.8 Å². The van der Waals surface area contributed by atoms with E-state index in [4.69, 9.17) is 14.2 Å². The monoisotopic (exact) mass is 275 g/mol. The maximum atomic E-state index is 12.0. The summed E-state index contributed by atoms with van der Waals surface area (Å²) in [6.45, 7) is -0.0687. The number of ketones is 1. The largest absolute Gasteiger partial charge is 0.493 e. The van der Waals surface area contributed by atoms with E-state index in [0.717, 1.165) is 0 Å². The number of hydrogen-bond acceptors (Lipinski definition) is 4. The number of carbonyl (C=O) groups excluding carboxylic acids is 1. The molecule has 2 aromatic rings. The van der Waals surface area contributed by atoms with E-state index in [1.165, 1.54) is 0 Å². The Kier molecular flexibility index (Phi) is 4.30. The lowest BCUT2D eigenvalue weighted by atomic mass is 10.2. The highest BCUT2D eigenvalue weighted by molar-refractivity contribution is 5.97. The van der Waals surface area contributed by atoms with Crippen LogP contribution >= 0.6 is 0 Å². The van der Waals surface area contributed by atoms with Gasteiger partial charge in [0.25, 0.3) is 0 Å². The Morgan fingerprint density at radius 1 is 1.15 bits per heavy atom. The molecule has 20 heavy (non-hydrogen) atoms. The van der Waals surface area contributed by atoms with E-state index >= 15 is 0 Å². The average molecular weight is 275 g/mol. The third-order valence-corrected chi connectivity index (χ3v) is 2.88. The topological polar surface area (TPSA) is 49.7 Å². The van der Waals surface area contributed by atoms with Crippen LogP contribution in [-0.4, -0.2) is 31.2 Å². The minimum Gasteiger partial charge on any atom is -0.493 e. The van der Waals surface area contributed by atoms with Gasteiger partial charge in [0.05, 0.1) is 14.2 Å². The molecule has 0 fully saturated rings. The Hall–Kier alpha value is -2.43. The molecule has 1 aromatic heterocycles. The molecule has 0 amide bonds. The number of benzene rings is 1. The minimum absolute atomic E-state index is 0.0687. The zero-order valence-electron chi connectivity index (χ0n) is 11.8. The summed E-state index contributed by atoms with van der Waals surface area (Å²) >= 11 is 0. The zero-order valence-corrected chi connectivity index (χ0v) is 11.8. The molecule has 0 atom stereocenters. The molecular weight excluding hydrogens is 258 g/mol. The Bertz CT molecular complexity index is 581. The van der Waals surface area contributed by atoms with Crippen molar-refractivity contribution in [2.45, 2.75) is 0 Å². The van der Waals surface area contributed by atoms with Crippen molar-refractivity contribution in [3.8, 4) is 17.2 Å². The summed E-state index contributed by atoms with van der Waals surface area (Å²) in [6.07, 6.45) is 3.57. The van der Waals surface area contributed by atoms with Crippen molar-refractivity contribution >= 4 is 5.78 Å². The molecule has 0 radical (unpaired) electrons. The number of Topliss-reactive ketones (excluding diaryl/α,β-unsaturated/α-hetero) is 1. The first-order chi connectivity index (χ1) is 9.65. The molecule has 1 aromatic carbocycles. The molecule has 2 rings (SSSR count). The first-order valence-electron chi connectivity index (χ1n) is 6.14. The normalized spacial score (nSPS) is 10.2. The molecule has 0 unspecified atom stereocenters. The van der Waals surface area contributed by atoms with Gasteiger partial charge in [-0.2, -0.15) is 0 Å². The number of nitrogens with zero attached hydrogens (tertiary/aromatic N) is 1. The molecule has 0 spiro atoms. The standard InChI is InChI=1S/C15H17NO4/c1-16-8-7-11(9-16)12(17)10-20-15-13(18-2)5-4-6-14(15)19-3/h4-9H,10H2,1-3H3.